The van der Waals surface area contributed by atoms with Gasteiger partial charge in [0, 0.05) is 6.42 Å². The molecule has 0 amide bonds. The predicted molar refractivity (Wildman–Crippen MR) is 127 cm³/mol. The fraction of sp³-hybridized carbons (Fsp3) is 0.875. The first kappa shape index (κ1) is 30.5. The zero-order valence-corrected chi connectivity index (χ0v) is 20.4. The highest BCUT2D eigenvalue weighted by Gasteiger charge is 2.21. The Morgan fingerprint density at radius 1 is 0.875 bits per heavy atom. The smallest absolute Gasteiger partial charge is 0.324 e. The highest BCUT2D eigenvalue weighted by Crippen LogP contribution is 2.11. The molecule has 0 radical (unpaired) electrons. The van der Waals surface area contributed by atoms with Crippen LogP contribution >= 0.6 is 0 Å². The number of nitrogens with two attached hydrogens (primary N) is 1. The number of hydrogen-bond acceptors (Lipinski definition) is 8. The summed E-state index contributed by atoms with van der Waals surface area (Å²) < 4.78 is 10.1. The van der Waals surface area contributed by atoms with Crippen molar-refractivity contribution in [1.82, 2.24) is 10.9 Å². The van der Waals surface area contributed by atoms with Gasteiger partial charge in [-0.3, -0.25) is 9.59 Å². The second kappa shape index (κ2) is 22.7. The molecule has 0 aliphatic rings. The first-order valence-electron chi connectivity index (χ1n) is 12.5. The van der Waals surface area contributed by atoms with E-state index in [-0.39, 0.29) is 18.8 Å². The van der Waals surface area contributed by atoms with Crippen LogP contribution in [0.4, 0.5) is 0 Å². The first-order chi connectivity index (χ1) is 15.6. The Morgan fingerprint density at radius 3 is 2.06 bits per heavy atom. The van der Waals surface area contributed by atoms with Crippen LogP contribution in [0.1, 0.15) is 103 Å². The highest BCUT2D eigenvalue weighted by atomic mass is 16.5. The van der Waals surface area contributed by atoms with E-state index in [1.165, 1.54) is 58.5 Å². The van der Waals surface area contributed by atoms with Gasteiger partial charge < -0.3 is 20.0 Å². The van der Waals surface area contributed by atoms with Crippen molar-refractivity contribution in [3.05, 3.63) is 0 Å². The fourth-order valence-corrected chi connectivity index (χ4v) is 3.39. The maximum Gasteiger partial charge on any atom is 0.324 e. The summed E-state index contributed by atoms with van der Waals surface area (Å²) in [6.45, 7) is 3.22. The summed E-state index contributed by atoms with van der Waals surface area (Å²) in [6.07, 6.45) is 15.6. The van der Waals surface area contributed by atoms with Crippen LogP contribution in [0.2, 0.25) is 0 Å². The van der Waals surface area contributed by atoms with E-state index in [4.69, 9.17) is 15.2 Å². The molecule has 4 N–H and O–H groups in total. The maximum absolute atomic E-state index is 12.0. The summed E-state index contributed by atoms with van der Waals surface area (Å²) in [5.74, 6) is -0.821. The molecule has 8 heteroatoms. The van der Waals surface area contributed by atoms with Crippen LogP contribution in [0.15, 0.2) is 0 Å². The molecule has 0 aliphatic heterocycles. The minimum atomic E-state index is -0.734. The molecule has 0 saturated heterocycles. The van der Waals surface area contributed by atoms with E-state index in [0.29, 0.717) is 19.6 Å². The number of hydrazine groups is 1. The van der Waals surface area contributed by atoms with E-state index in [0.717, 1.165) is 32.0 Å². The lowest BCUT2D eigenvalue weighted by Crippen LogP contribution is -2.51. The lowest BCUT2D eigenvalue weighted by Gasteiger charge is -2.20. The number of nitrogens with one attached hydrogen (secondary N) is 2. The molecule has 0 fully saturated rings. The van der Waals surface area contributed by atoms with Crippen LogP contribution in [0, 0.1) is 0 Å². The first-order valence-corrected chi connectivity index (χ1v) is 12.5. The third kappa shape index (κ3) is 18.1. The zero-order valence-electron chi connectivity index (χ0n) is 20.4. The molecule has 1 unspecified atom stereocenters. The number of carbonyl (C=O) groups excluding carboxylic acids is 3. The molecule has 2 atom stereocenters. The Morgan fingerprint density at radius 2 is 1.50 bits per heavy atom. The van der Waals surface area contributed by atoms with Gasteiger partial charge in [0.05, 0.1) is 19.8 Å². The van der Waals surface area contributed by atoms with E-state index >= 15 is 0 Å². The van der Waals surface area contributed by atoms with E-state index in [9.17, 15) is 14.4 Å². The minimum absolute atomic E-state index is 0.102. The molecule has 0 bridgehead atoms. The van der Waals surface area contributed by atoms with E-state index in [1.807, 2.05) is 0 Å². The van der Waals surface area contributed by atoms with Crippen LogP contribution in [0.25, 0.3) is 0 Å². The van der Waals surface area contributed by atoms with Gasteiger partial charge in [0.15, 0.2) is 0 Å². The van der Waals surface area contributed by atoms with Crippen molar-refractivity contribution < 1.29 is 23.9 Å². The standard InChI is InChI=1S/C24H47N3O5/c1-3-4-5-6-7-8-9-10-11-14-19-32-23(29)17-16-22(24(30)31-2)27-26-21(20-28)15-12-13-18-25/h20-22,26-27H,3-19,25H2,1-2H3/t21-,22?/m1/s1. The Labute approximate surface area is 194 Å². The monoisotopic (exact) mass is 457 g/mol. The molecule has 0 saturated carbocycles. The molecule has 0 aromatic carbocycles. The van der Waals surface area contributed by atoms with Gasteiger partial charge in [-0.05, 0) is 32.2 Å². The van der Waals surface area contributed by atoms with Gasteiger partial charge >= 0.3 is 11.9 Å². The molecule has 0 aromatic heterocycles. The second-order valence-electron chi connectivity index (χ2n) is 8.33. The fourth-order valence-electron chi connectivity index (χ4n) is 3.39. The third-order valence-electron chi connectivity index (χ3n) is 5.46. The number of rotatable bonds is 23. The number of unbranched alkanes of at least 4 members (excludes halogenated alkanes) is 10. The van der Waals surface area contributed by atoms with Crippen molar-refractivity contribution in [3.8, 4) is 0 Å². The summed E-state index contributed by atoms with van der Waals surface area (Å²) >= 11 is 0. The van der Waals surface area contributed by atoms with Crippen molar-refractivity contribution in [2.75, 3.05) is 20.3 Å². The SMILES string of the molecule is CCCCCCCCCCCCOC(=O)CCC(NN[C@@H](C=O)CCCCN)C(=O)OC. The molecule has 0 heterocycles. The zero-order chi connectivity index (χ0) is 23.9. The van der Waals surface area contributed by atoms with Gasteiger partial charge in [-0.25, -0.2) is 10.9 Å². The van der Waals surface area contributed by atoms with Gasteiger partial charge in [-0.15, -0.1) is 0 Å². The Hall–Kier alpha value is -1.51. The number of esters is 2. The van der Waals surface area contributed by atoms with Crippen molar-refractivity contribution in [1.29, 1.82) is 0 Å². The minimum Gasteiger partial charge on any atom is -0.468 e. The summed E-state index contributed by atoms with van der Waals surface area (Å²) in [4.78, 5) is 35.1. The number of ether oxygens (including phenoxy) is 2. The molecule has 0 aliphatic carbocycles. The van der Waals surface area contributed by atoms with Crippen molar-refractivity contribution in [2.24, 2.45) is 5.73 Å². The molecule has 0 spiro atoms. The Bertz CT molecular complexity index is 477. The highest BCUT2D eigenvalue weighted by molar-refractivity contribution is 5.77. The molecule has 0 rings (SSSR count). The number of aldehydes is 1. The van der Waals surface area contributed by atoms with Crippen molar-refractivity contribution in [3.63, 3.8) is 0 Å². The Kier molecular flexibility index (Phi) is 21.6. The van der Waals surface area contributed by atoms with Crippen LogP contribution in [-0.2, 0) is 23.9 Å². The normalized spacial score (nSPS) is 12.8. The maximum atomic E-state index is 12.0. The van der Waals surface area contributed by atoms with Gasteiger partial charge in [0.1, 0.15) is 12.3 Å². The number of methoxy groups -OCH3 is 1. The van der Waals surface area contributed by atoms with Gasteiger partial charge in [0.2, 0.25) is 0 Å². The molecular weight excluding hydrogens is 410 g/mol. The van der Waals surface area contributed by atoms with Crippen LogP contribution in [0.5, 0.6) is 0 Å². The third-order valence-corrected chi connectivity index (χ3v) is 5.46. The van der Waals surface area contributed by atoms with E-state index < -0.39 is 18.1 Å². The summed E-state index contributed by atoms with van der Waals surface area (Å²) in [5.41, 5.74) is 11.1. The largest absolute Gasteiger partial charge is 0.468 e. The quantitative estimate of drug-likeness (QED) is 0.0922. The molecular formula is C24H47N3O5. The summed E-state index contributed by atoms with van der Waals surface area (Å²) in [6, 6.07) is -1.17. The van der Waals surface area contributed by atoms with Crippen LogP contribution < -0.4 is 16.6 Å². The number of hydrogen-bond donors (Lipinski definition) is 3. The van der Waals surface area contributed by atoms with Crippen molar-refractivity contribution in [2.45, 2.75) is 115 Å². The van der Waals surface area contributed by atoms with E-state index in [1.54, 1.807) is 0 Å². The molecule has 0 aromatic rings. The summed E-state index contributed by atoms with van der Waals surface area (Å²) in [7, 11) is 1.29. The van der Waals surface area contributed by atoms with Crippen LogP contribution in [0.3, 0.4) is 0 Å². The lowest BCUT2D eigenvalue weighted by molar-refractivity contribution is -0.146. The molecule has 32 heavy (non-hydrogen) atoms. The van der Waals surface area contributed by atoms with Crippen LogP contribution in [-0.4, -0.2) is 50.6 Å². The molecule has 8 nitrogen and oxygen atoms in total. The second-order valence-corrected chi connectivity index (χ2v) is 8.33. The lowest BCUT2D eigenvalue weighted by atomic mass is 10.1. The molecule has 188 valence electrons. The van der Waals surface area contributed by atoms with Crippen molar-refractivity contribution >= 4 is 18.2 Å². The predicted octanol–water partition coefficient (Wildman–Crippen LogP) is 3.56. The average Bonchev–Trinajstić information content (AvgIpc) is 2.80. The number of carbonyl (C=O) groups is 3. The van der Waals surface area contributed by atoms with Gasteiger partial charge in [-0.2, -0.15) is 0 Å². The van der Waals surface area contributed by atoms with E-state index in [2.05, 4.69) is 17.8 Å². The Balaban J connectivity index is 3.93. The van der Waals surface area contributed by atoms with Gasteiger partial charge in [-0.1, -0.05) is 71.1 Å². The topological polar surface area (TPSA) is 120 Å². The van der Waals surface area contributed by atoms with Gasteiger partial charge in [0.25, 0.3) is 0 Å². The summed E-state index contributed by atoms with van der Waals surface area (Å²) in [5, 5.41) is 0. The average molecular weight is 458 g/mol.